The van der Waals surface area contributed by atoms with Gasteiger partial charge >= 0.3 is 0 Å². The van der Waals surface area contributed by atoms with Crippen molar-refractivity contribution in [2.45, 2.75) is 0 Å². The minimum Gasteiger partial charge on any atom is -0.491 e. The van der Waals surface area contributed by atoms with Gasteiger partial charge in [-0.3, -0.25) is 0 Å². The zero-order valence-corrected chi connectivity index (χ0v) is 10.4. The average molecular weight is 254 g/mol. The predicted octanol–water partition coefficient (Wildman–Crippen LogP) is 2.71. The minimum atomic E-state index is -0.455. The Morgan fingerprint density at radius 3 is 2.17 bits per heavy atom. The van der Waals surface area contributed by atoms with Crippen molar-refractivity contribution < 1.29 is 18.6 Å². The van der Waals surface area contributed by atoms with Crippen LogP contribution in [0.4, 0.5) is 4.39 Å². The van der Waals surface area contributed by atoms with Gasteiger partial charge in [-0.15, -0.1) is 0 Å². The van der Waals surface area contributed by atoms with Crippen LogP contribution in [0.5, 0.6) is 5.75 Å². The van der Waals surface area contributed by atoms with Crippen LogP contribution in [-0.2, 0) is 9.47 Å². The van der Waals surface area contributed by atoms with Crippen LogP contribution in [0.1, 0.15) is 5.56 Å². The SMILES string of the molecule is C=Cc1ccc(OCCOCCOCCF)cc1. The molecule has 0 saturated heterocycles. The Hall–Kier alpha value is -1.39. The zero-order valence-electron chi connectivity index (χ0n) is 10.4. The van der Waals surface area contributed by atoms with Crippen molar-refractivity contribution in [2.75, 3.05) is 39.7 Å². The second-order valence-electron chi connectivity index (χ2n) is 3.54. The summed E-state index contributed by atoms with van der Waals surface area (Å²) in [7, 11) is 0. The molecular formula is C14H19FO3. The lowest BCUT2D eigenvalue weighted by Gasteiger charge is -2.07. The number of alkyl halides is 1. The monoisotopic (exact) mass is 254 g/mol. The molecular weight excluding hydrogens is 235 g/mol. The minimum absolute atomic E-state index is 0.134. The molecule has 18 heavy (non-hydrogen) atoms. The zero-order chi connectivity index (χ0) is 13.1. The fourth-order valence-corrected chi connectivity index (χ4v) is 1.30. The van der Waals surface area contributed by atoms with E-state index >= 15 is 0 Å². The van der Waals surface area contributed by atoms with Crippen LogP contribution in [0.2, 0.25) is 0 Å². The molecule has 0 aliphatic rings. The van der Waals surface area contributed by atoms with Gasteiger partial charge in [0.25, 0.3) is 0 Å². The molecule has 0 heterocycles. The second-order valence-corrected chi connectivity index (χ2v) is 3.54. The van der Waals surface area contributed by atoms with Gasteiger partial charge in [0, 0.05) is 0 Å². The second kappa shape index (κ2) is 9.62. The molecule has 100 valence electrons. The predicted molar refractivity (Wildman–Crippen MR) is 69.6 cm³/mol. The molecule has 0 radical (unpaired) electrons. The first kappa shape index (κ1) is 14.7. The standard InChI is InChI=1S/C14H19FO3/c1-2-13-3-5-14(6-4-13)18-12-11-17-10-9-16-8-7-15/h2-6H,1,7-12H2. The van der Waals surface area contributed by atoms with Gasteiger partial charge < -0.3 is 14.2 Å². The van der Waals surface area contributed by atoms with Crippen molar-refractivity contribution in [1.82, 2.24) is 0 Å². The summed E-state index contributed by atoms with van der Waals surface area (Å²) in [4.78, 5) is 0. The third kappa shape index (κ3) is 6.37. The smallest absolute Gasteiger partial charge is 0.119 e. The first-order valence-corrected chi connectivity index (χ1v) is 5.93. The molecule has 0 N–H and O–H groups in total. The molecule has 0 spiro atoms. The van der Waals surface area contributed by atoms with E-state index in [1.54, 1.807) is 6.08 Å². The number of hydrogen-bond acceptors (Lipinski definition) is 3. The summed E-state index contributed by atoms with van der Waals surface area (Å²) in [6.45, 7) is 5.20. The molecule has 0 aromatic heterocycles. The Labute approximate surface area is 107 Å². The largest absolute Gasteiger partial charge is 0.491 e. The molecule has 0 atom stereocenters. The van der Waals surface area contributed by atoms with Gasteiger partial charge in [-0.25, -0.2) is 4.39 Å². The van der Waals surface area contributed by atoms with Gasteiger partial charge in [-0.05, 0) is 17.7 Å². The molecule has 0 saturated carbocycles. The van der Waals surface area contributed by atoms with Crippen LogP contribution in [0.15, 0.2) is 30.8 Å². The molecule has 0 unspecified atom stereocenters. The van der Waals surface area contributed by atoms with Crippen LogP contribution < -0.4 is 4.74 Å². The van der Waals surface area contributed by atoms with Gasteiger partial charge in [0.15, 0.2) is 0 Å². The van der Waals surface area contributed by atoms with Crippen molar-refractivity contribution >= 4 is 6.08 Å². The topological polar surface area (TPSA) is 27.7 Å². The summed E-state index contributed by atoms with van der Waals surface area (Å²) in [6, 6.07) is 7.66. The molecule has 4 heteroatoms. The maximum Gasteiger partial charge on any atom is 0.119 e. The Morgan fingerprint density at radius 2 is 1.56 bits per heavy atom. The lowest BCUT2D eigenvalue weighted by Crippen LogP contribution is -2.11. The lowest BCUT2D eigenvalue weighted by atomic mass is 10.2. The van der Waals surface area contributed by atoms with E-state index in [4.69, 9.17) is 14.2 Å². The summed E-state index contributed by atoms with van der Waals surface area (Å²) < 4.78 is 27.3. The Bertz CT molecular complexity index is 324. The van der Waals surface area contributed by atoms with E-state index in [2.05, 4.69) is 6.58 Å². The molecule has 0 aliphatic heterocycles. The Kier molecular flexibility index (Phi) is 7.84. The summed E-state index contributed by atoms with van der Waals surface area (Å²) in [5, 5.41) is 0. The van der Waals surface area contributed by atoms with Gasteiger partial charge in [-0.2, -0.15) is 0 Å². The molecule has 0 amide bonds. The van der Waals surface area contributed by atoms with Crippen LogP contribution >= 0.6 is 0 Å². The number of hydrogen-bond donors (Lipinski definition) is 0. The highest BCUT2D eigenvalue weighted by atomic mass is 19.1. The molecule has 0 fully saturated rings. The quantitative estimate of drug-likeness (QED) is 0.601. The summed E-state index contributed by atoms with van der Waals surface area (Å²) in [5.74, 6) is 0.804. The van der Waals surface area contributed by atoms with Crippen molar-refractivity contribution in [3.8, 4) is 5.75 Å². The van der Waals surface area contributed by atoms with Crippen LogP contribution in [-0.4, -0.2) is 39.7 Å². The highest BCUT2D eigenvalue weighted by Crippen LogP contribution is 2.12. The molecule has 0 aliphatic carbocycles. The van der Waals surface area contributed by atoms with E-state index in [0.717, 1.165) is 11.3 Å². The van der Waals surface area contributed by atoms with E-state index < -0.39 is 6.67 Å². The summed E-state index contributed by atoms with van der Waals surface area (Å²) in [5.41, 5.74) is 1.06. The number of benzene rings is 1. The van der Waals surface area contributed by atoms with E-state index in [9.17, 15) is 4.39 Å². The highest BCUT2D eigenvalue weighted by molar-refractivity contribution is 5.48. The molecule has 1 aromatic rings. The molecule has 1 rings (SSSR count). The fraction of sp³-hybridized carbons (Fsp3) is 0.429. The van der Waals surface area contributed by atoms with E-state index in [1.165, 1.54) is 0 Å². The summed E-state index contributed by atoms with van der Waals surface area (Å²) in [6.07, 6.45) is 1.78. The van der Waals surface area contributed by atoms with Gasteiger partial charge in [0.1, 0.15) is 19.0 Å². The maximum atomic E-state index is 11.7. The van der Waals surface area contributed by atoms with Crippen LogP contribution in [0.3, 0.4) is 0 Å². The lowest BCUT2D eigenvalue weighted by molar-refractivity contribution is 0.0325. The Morgan fingerprint density at radius 1 is 0.944 bits per heavy atom. The van der Waals surface area contributed by atoms with E-state index in [-0.39, 0.29) is 6.61 Å². The molecule has 0 bridgehead atoms. The third-order valence-corrected chi connectivity index (χ3v) is 2.21. The normalized spacial score (nSPS) is 10.3. The fourth-order valence-electron chi connectivity index (χ4n) is 1.30. The Balaban J connectivity index is 2.01. The van der Waals surface area contributed by atoms with Gasteiger partial charge in [-0.1, -0.05) is 24.8 Å². The van der Waals surface area contributed by atoms with Crippen LogP contribution in [0.25, 0.3) is 6.08 Å². The van der Waals surface area contributed by atoms with E-state index in [0.29, 0.717) is 26.4 Å². The van der Waals surface area contributed by atoms with E-state index in [1.807, 2.05) is 24.3 Å². The van der Waals surface area contributed by atoms with Crippen molar-refractivity contribution in [2.24, 2.45) is 0 Å². The van der Waals surface area contributed by atoms with Crippen molar-refractivity contribution in [3.05, 3.63) is 36.4 Å². The van der Waals surface area contributed by atoms with Gasteiger partial charge in [0.2, 0.25) is 0 Å². The van der Waals surface area contributed by atoms with Crippen molar-refractivity contribution in [3.63, 3.8) is 0 Å². The molecule has 1 aromatic carbocycles. The number of ether oxygens (including phenoxy) is 3. The number of halogens is 1. The summed E-state index contributed by atoms with van der Waals surface area (Å²) >= 11 is 0. The maximum absolute atomic E-state index is 11.7. The van der Waals surface area contributed by atoms with Gasteiger partial charge in [0.05, 0.1) is 26.4 Å². The first-order valence-electron chi connectivity index (χ1n) is 5.93. The first-order chi connectivity index (χ1) is 8.86. The number of rotatable bonds is 10. The average Bonchev–Trinajstić information content (AvgIpc) is 2.42. The molecule has 3 nitrogen and oxygen atoms in total. The highest BCUT2D eigenvalue weighted by Gasteiger charge is 1.94. The van der Waals surface area contributed by atoms with Crippen molar-refractivity contribution in [1.29, 1.82) is 0 Å². The third-order valence-electron chi connectivity index (χ3n) is 2.21. The van der Waals surface area contributed by atoms with Crippen LogP contribution in [0, 0.1) is 0 Å².